The highest BCUT2D eigenvalue weighted by Crippen LogP contribution is 2.35. The van der Waals surface area contributed by atoms with E-state index in [1.807, 2.05) is 18.2 Å². The molecule has 3 rings (SSSR count). The van der Waals surface area contributed by atoms with Crippen molar-refractivity contribution in [3.05, 3.63) is 48.3 Å². The monoisotopic (exact) mass is 303 g/mol. The summed E-state index contributed by atoms with van der Waals surface area (Å²) in [7, 11) is 0. The summed E-state index contributed by atoms with van der Waals surface area (Å²) in [5, 5.41) is 9.45. The number of rotatable bonds is 5. The van der Waals surface area contributed by atoms with E-state index in [1.165, 1.54) is 17.4 Å². The number of thiazole rings is 1. The minimum atomic E-state index is -0.278. The average Bonchev–Trinajstić information content (AvgIpc) is 2.92. The molecule has 3 aromatic rings. The zero-order valence-corrected chi connectivity index (χ0v) is 12.1. The summed E-state index contributed by atoms with van der Waals surface area (Å²) in [4.78, 5) is 4.51. The standard InChI is InChI=1S/C16H14FNO2S/c17-12-6-2-1-5-11(12)16-18-15-13(20-10-4-9-19)7-3-8-14(15)21-16/h1-3,5-8,19H,4,9-10H2. The number of aliphatic hydroxyl groups excluding tert-OH is 1. The molecule has 0 saturated heterocycles. The smallest absolute Gasteiger partial charge is 0.146 e. The number of halogens is 1. The number of nitrogens with zero attached hydrogens (tertiary/aromatic N) is 1. The minimum Gasteiger partial charge on any atom is -0.491 e. The molecular formula is C16H14FNO2S. The van der Waals surface area contributed by atoms with E-state index in [0.717, 1.165) is 10.2 Å². The summed E-state index contributed by atoms with van der Waals surface area (Å²) in [6.07, 6.45) is 0.570. The summed E-state index contributed by atoms with van der Waals surface area (Å²) in [6, 6.07) is 12.3. The second-order valence-corrected chi connectivity index (χ2v) is 5.56. The van der Waals surface area contributed by atoms with Crippen LogP contribution in [0, 0.1) is 5.82 Å². The van der Waals surface area contributed by atoms with Crippen molar-refractivity contribution < 1.29 is 14.2 Å². The number of para-hydroxylation sites is 1. The van der Waals surface area contributed by atoms with Crippen LogP contribution < -0.4 is 4.74 Å². The van der Waals surface area contributed by atoms with E-state index in [-0.39, 0.29) is 12.4 Å². The van der Waals surface area contributed by atoms with Crippen molar-refractivity contribution in [3.63, 3.8) is 0 Å². The molecule has 3 nitrogen and oxygen atoms in total. The van der Waals surface area contributed by atoms with Gasteiger partial charge in [0.2, 0.25) is 0 Å². The van der Waals surface area contributed by atoms with Gasteiger partial charge in [0, 0.05) is 18.6 Å². The lowest BCUT2D eigenvalue weighted by Crippen LogP contribution is -1.99. The van der Waals surface area contributed by atoms with Gasteiger partial charge in [-0.15, -0.1) is 11.3 Å². The summed E-state index contributed by atoms with van der Waals surface area (Å²) in [6.45, 7) is 0.524. The van der Waals surface area contributed by atoms with Crippen LogP contribution in [-0.4, -0.2) is 23.3 Å². The normalized spacial score (nSPS) is 11.0. The van der Waals surface area contributed by atoms with E-state index in [1.54, 1.807) is 18.2 Å². The fourth-order valence-corrected chi connectivity index (χ4v) is 3.05. The first-order valence-corrected chi connectivity index (χ1v) is 7.49. The Balaban J connectivity index is 2.00. The third-order valence-corrected chi connectivity index (χ3v) is 4.10. The van der Waals surface area contributed by atoms with Gasteiger partial charge in [-0.3, -0.25) is 0 Å². The first-order valence-electron chi connectivity index (χ1n) is 6.67. The fraction of sp³-hybridized carbons (Fsp3) is 0.188. The number of benzene rings is 2. The molecule has 0 atom stereocenters. The topological polar surface area (TPSA) is 42.4 Å². The molecule has 0 aliphatic heterocycles. The second-order valence-electron chi connectivity index (χ2n) is 4.53. The summed E-state index contributed by atoms with van der Waals surface area (Å²) in [5.74, 6) is 0.388. The number of aliphatic hydroxyl groups is 1. The van der Waals surface area contributed by atoms with Crippen molar-refractivity contribution in [2.75, 3.05) is 13.2 Å². The van der Waals surface area contributed by atoms with Crippen LogP contribution >= 0.6 is 11.3 Å². The molecule has 0 radical (unpaired) electrons. The molecule has 0 unspecified atom stereocenters. The van der Waals surface area contributed by atoms with Crippen molar-refractivity contribution in [1.29, 1.82) is 0 Å². The molecule has 0 bridgehead atoms. The van der Waals surface area contributed by atoms with Crippen molar-refractivity contribution >= 4 is 21.6 Å². The fourth-order valence-electron chi connectivity index (χ4n) is 2.04. The predicted molar refractivity (Wildman–Crippen MR) is 82.2 cm³/mol. The third kappa shape index (κ3) is 2.89. The van der Waals surface area contributed by atoms with Gasteiger partial charge in [0.25, 0.3) is 0 Å². The Labute approximate surface area is 125 Å². The molecule has 5 heteroatoms. The van der Waals surface area contributed by atoms with Gasteiger partial charge in [0.05, 0.1) is 11.3 Å². The van der Waals surface area contributed by atoms with E-state index >= 15 is 0 Å². The van der Waals surface area contributed by atoms with Gasteiger partial charge in [0.1, 0.15) is 22.1 Å². The maximum atomic E-state index is 13.9. The Bertz CT molecular complexity index is 757. The number of aromatic nitrogens is 1. The van der Waals surface area contributed by atoms with Crippen molar-refractivity contribution in [1.82, 2.24) is 4.98 Å². The highest BCUT2D eigenvalue weighted by Gasteiger charge is 2.13. The molecule has 1 aromatic heterocycles. The van der Waals surface area contributed by atoms with Crippen LogP contribution in [0.4, 0.5) is 4.39 Å². The number of ether oxygens (including phenoxy) is 1. The molecule has 1 N–H and O–H groups in total. The van der Waals surface area contributed by atoms with Gasteiger partial charge in [-0.05, 0) is 24.3 Å². The molecule has 0 saturated carbocycles. The molecule has 1 heterocycles. The van der Waals surface area contributed by atoms with Crippen LogP contribution in [0.25, 0.3) is 20.8 Å². The van der Waals surface area contributed by atoms with Crippen molar-refractivity contribution in [3.8, 4) is 16.3 Å². The van der Waals surface area contributed by atoms with Crippen LogP contribution in [0.2, 0.25) is 0 Å². The average molecular weight is 303 g/mol. The molecule has 108 valence electrons. The Kier molecular flexibility index (Phi) is 4.13. The van der Waals surface area contributed by atoms with Crippen LogP contribution in [0.1, 0.15) is 6.42 Å². The van der Waals surface area contributed by atoms with Gasteiger partial charge in [-0.25, -0.2) is 9.37 Å². The zero-order chi connectivity index (χ0) is 14.7. The summed E-state index contributed by atoms with van der Waals surface area (Å²) in [5.41, 5.74) is 1.23. The lowest BCUT2D eigenvalue weighted by Gasteiger charge is -2.04. The second kappa shape index (κ2) is 6.20. The molecule has 0 fully saturated rings. The highest BCUT2D eigenvalue weighted by molar-refractivity contribution is 7.21. The molecule has 0 aliphatic rings. The van der Waals surface area contributed by atoms with Crippen molar-refractivity contribution in [2.45, 2.75) is 6.42 Å². The largest absolute Gasteiger partial charge is 0.491 e. The van der Waals surface area contributed by atoms with E-state index < -0.39 is 0 Å². The maximum Gasteiger partial charge on any atom is 0.146 e. The Morgan fingerprint density at radius 1 is 1.14 bits per heavy atom. The Hall–Kier alpha value is -1.98. The number of hydrogen-bond acceptors (Lipinski definition) is 4. The van der Waals surface area contributed by atoms with Crippen LogP contribution in [-0.2, 0) is 0 Å². The maximum absolute atomic E-state index is 13.9. The first kappa shape index (κ1) is 14.0. The van der Waals surface area contributed by atoms with Crippen LogP contribution in [0.5, 0.6) is 5.75 Å². The number of fused-ring (bicyclic) bond motifs is 1. The lowest BCUT2D eigenvalue weighted by molar-refractivity contribution is 0.234. The van der Waals surface area contributed by atoms with E-state index in [0.29, 0.717) is 29.3 Å². The van der Waals surface area contributed by atoms with Crippen LogP contribution in [0.3, 0.4) is 0 Å². The van der Waals surface area contributed by atoms with Gasteiger partial charge in [-0.1, -0.05) is 18.2 Å². The highest BCUT2D eigenvalue weighted by atomic mass is 32.1. The number of hydrogen-bond donors (Lipinski definition) is 1. The Morgan fingerprint density at radius 3 is 2.81 bits per heavy atom. The molecule has 0 amide bonds. The first-order chi connectivity index (χ1) is 10.3. The summed E-state index contributed by atoms with van der Waals surface area (Å²) >= 11 is 1.44. The zero-order valence-electron chi connectivity index (χ0n) is 11.3. The molecule has 0 spiro atoms. The molecule has 0 aliphatic carbocycles. The minimum absolute atomic E-state index is 0.0908. The van der Waals surface area contributed by atoms with Gasteiger partial charge >= 0.3 is 0 Å². The quantitative estimate of drug-likeness (QED) is 0.728. The SMILES string of the molecule is OCCCOc1cccc2sc(-c3ccccc3F)nc12. The molecule has 2 aromatic carbocycles. The van der Waals surface area contributed by atoms with E-state index in [2.05, 4.69) is 4.98 Å². The Morgan fingerprint density at radius 2 is 2.00 bits per heavy atom. The summed E-state index contributed by atoms with van der Waals surface area (Å²) < 4.78 is 20.4. The van der Waals surface area contributed by atoms with Gasteiger partial charge in [-0.2, -0.15) is 0 Å². The van der Waals surface area contributed by atoms with Gasteiger partial charge < -0.3 is 9.84 Å². The third-order valence-electron chi connectivity index (χ3n) is 3.05. The van der Waals surface area contributed by atoms with Gasteiger partial charge in [0.15, 0.2) is 0 Å². The van der Waals surface area contributed by atoms with Crippen molar-refractivity contribution in [2.24, 2.45) is 0 Å². The van der Waals surface area contributed by atoms with Crippen LogP contribution in [0.15, 0.2) is 42.5 Å². The van der Waals surface area contributed by atoms with E-state index in [9.17, 15) is 4.39 Å². The molecule has 21 heavy (non-hydrogen) atoms. The predicted octanol–water partition coefficient (Wildman–Crippen LogP) is 3.86. The van der Waals surface area contributed by atoms with E-state index in [4.69, 9.17) is 9.84 Å². The molecular weight excluding hydrogens is 289 g/mol. The lowest BCUT2D eigenvalue weighted by atomic mass is 10.2.